The number of sulfonamides is 1. The molecule has 0 spiro atoms. The zero-order valence-electron chi connectivity index (χ0n) is 10.6. The van der Waals surface area contributed by atoms with E-state index in [0.717, 1.165) is 0 Å². The van der Waals surface area contributed by atoms with E-state index in [9.17, 15) is 8.42 Å². The second kappa shape index (κ2) is 5.61. The molecule has 1 unspecified atom stereocenters. The fourth-order valence-corrected chi connectivity index (χ4v) is 6.32. The van der Waals surface area contributed by atoms with Crippen molar-refractivity contribution in [2.75, 3.05) is 19.0 Å². The Morgan fingerprint density at radius 3 is 2.84 bits per heavy atom. The average Bonchev–Trinajstić information content (AvgIpc) is 2.74. The summed E-state index contributed by atoms with van der Waals surface area (Å²) in [6.07, 6.45) is -0.279. The Morgan fingerprint density at radius 2 is 2.32 bits per heavy atom. The molecule has 0 radical (unpaired) electrons. The largest absolute Gasteiger partial charge is 0.368 e. The Bertz CT molecular complexity index is 558. The quantitative estimate of drug-likeness (QED) is 0.748. The molecule has 0 bridgehead atoms. The van der Waals surface area contributed by atoms with Crippen LogP contribution in [0.25, 0.3) is 0 Å². The molecule has 1 aromatic heterocycles. The van der Waals surface area contributed by atoms with Gasteiger partial charge in [-0.1, -0.05) is 0 Å². The van der Waals surface area contributed by atoms with E-state index in [-0.39, 0.29) is 12.0 Å². The Kier molecular flexibility index (Phi) is 4.65. The van der Waals surface area contributed by atoms with Crippen molar-refractivity contribution in [1.82, 2.24) is 4.31 Å². The first-order chi connectivity index (χ1) is 8.76. The van der Waals surface area contributed by atoms with Crippen LogP contribution >= 0.6 is 38.9 Å². The SMILES string of the molecule is CC1(C)CN(S(=O)(=O)c2sccc2Br)CC(CCl)O1. The van der Waals surface area contributed by atoms with E-state index in [1.54, 1.807) is 11.4 Å². The molecule has 1 fully saturated rings. The van der Waals surface area contributed by atoms with Crippen LogP contribution in [0.3, 0.4) is 0 Å². The molecule has 1 atom stereocenters. The van der Waals surface area contributed by atoms with E-state index in [2.05, 4.69) is 15.9 Å². The number of nitrogens with zero attached hydrogens (tertiary/aromatic N) is 1. The standard InChI is InChI=1S/C11H15BrClNO3S2/c1-11(2)7-14(6-8(5-13)17-11)19(15,16)10-9(12)3-4-18-10/h3-4,8H,5-7H2,1-2H3. The third-order valence-corrected chi connectivity index (χ3v) is 7.58. The van der Waals surface area contributed by atoms with Crippen LogP contribution < -0.4 is 0 Å². The molecule has 8 heteroatoms. The van der Waals surface area contributed by atoms with Crippen LogP contribution in [0.1, 0.15) is 13.8 Å². The number of hydrogen-bond donors (Lipinski definition) is 0. The molecule has 1 aliphatic heterocycles. The Hall–Kier alpha value is 0.340. The lowest BCUT2D eigenvalue weighted by Gasteiger charge is -2.41. The molecular weight excluding hydrogens is 374 g/mol. The van der Waals surface area contributed by atoms with Crippen molar-refractivity contribution in [2.24, 2.45) is 0 Å². The Labute approximate surface area is 130 Å². The summed E-state index contributed by atoms with van der Waals surface area (Å²) < 4.78 is 33.4. The van der Waals surface area contributed by atoms with Crippen molar-refractivity contribution in [3.05, 3.63) is 15.9 Å². The normalized spacial score (nSPS) is 24.5. The van der Waals surface area contributed by atoms with Gasteiger partial charge in [-0.05, 0) is 41.2 Å². The van der Waals surface area contributed by atoms with E-state index >= 15 is 0 Å². The molecule has 0 saturated carbocycles. The predicted octanol–water partition coefficient (Wildman–Crippen LogP) is 2.92. The molecular formula is C11H15BrClNO3S2. The summed E-state index contributed by atoms with van der Waals surface area (Å²) in [7, 11) is -3.50. The minimum Gasteiger partial charge on any atom is -0.368 e. The van der Waals surface area contributed by atoms with Crippen LogP contribution in [0, 0.1) is 0 Å². The van der Waals surface area contributed by atoms with Gasteiger partial charge in [-0.25, -0.2) is 8.42 Å². The molecule has 0 N–H and O–H groups in total. The highest BCUT2D eigenvalue weighted by Crippen LogP contribution is 2.33. The van der Waals surface area contributed by atoms with Crippen LogP contribution in [0.2, 0.25) is 0 Å². The van der Waals surface area contributed by atoms with Crippen LogP contribution in [-0.2, 0) is 14.8 Å². The molecule has 4 nitrogen and oxygen atoms in total. The van der Waals surface area contributed by atoms with Crippen LogP contribution in [0.4, 0.5) is 0 Å². The van der Waals surface area contributed by atoms with E-state index in [1.807, 2.05) is 13.8 Å². The molecule has 19 heavy (non-hydrogen) atoms. The van der Waals surface area contributed by atoms with Crippen molar-refractivity contribution < 1.29 is 13.2 Å². The molecule has 0 aromatic carbocycles. The second-order valence-electron chi connectivity index (χ2n) is 5.01. The summed E-state index contributed by atoms with van der Waals surface area (Å²) in [6, 6.07) is 1.74. The van der Waals surface area contributed by atoms with Crippen molar-refractivity contribution in [1.29, 1.82) is 0 Å². The number of thiophene rings is 1. The molecule has 0 amide bonds. The molecule has 108 valence electrons. The first-order valence-electron chi connectivity index (χ1n) is 5.73. The zero-order valence-corrected chi connectivity index (χ0v) is 14.6. The summed E-state index contributed by atoms with van der Waals surface area (Å²) >= 11 is 10.3. The van der Waals surface area contributed by atoms with Gasteiger partial charge in [0.2, 0.25) is 0 Å². The molecule has 1 saturated heterocycles. The van der Waals surface area contributed by atoms with Crippen molar-refractivity contribution in [3.8, 4) is 0 Å². The van der Waals surface area contributed by atoms with Crippen molar-refractivity contribution >= 4 is 48.9 Å². The van der Waals surface area contributed by atoms with Gasteiger partial charge in [-0.15, -0.1) is 22.9 Å². The number of rotatable bonds is 3. The lowest BCUT2D eigenvalue weighted by Crippen LogP contribution is -2.54. The third-order valence-electron chi connectivity index (χ3n) is 2.78. The van der Waals surface area contributed by atoms with Gasteiger partial charge in [0.15, 0.2) is 0 Å². The smallest absolute Gasteiger partial charge is 0.253 e. The summed E-state index contributed by atoms with van der Waals surface area (Å²) in [5.41, 5.74) is -0.533. The highest BCUT2D eigenvalue weighted by Gasteiger charge is 2.40. The van der Waals surface area contributed by atoms with Gasteiger partial charge < -0.3 is 4.74 Å². The third kappa shape index (κ3) is 3.33. The minimum absolute atomic E-state index is 0.279. The topological polar surface area (TPSA) is 46.6 Å². The fraction of sp³-hybridized carbons (Fsp3) is 0.636. The van der Waals surface area contributed by atoms with Gasteiger partial charge in [-0.2, -0.15) is 4.31 Å². The van der Waals surface area contributed by atoms with Crippen LogP contribution in [0.5, 0.6) is 0 Å². The highest BCUT2D eigenvalue weighted by molar-refractivity contribution is 9.10. The van der Waals surface area contributed by atoms with Gasteiger partial charge >= 0.3 is 0 Å². The summed E-state index contributed by atoms with van der Waals surface area (Å²) in [5, 5.41) is 1.75. The number of ether oxygens (including phenoxy) is 1. The number of morpholine rings is 1. The fourth-order valence-electron chi connectivity index (χ4n) is 2.09. The Balaban J connectivity index is 2.33. The first-order valence-corrected chi connectivity index (χ1v) is 9.38. The maximum absolute atomic E-state index is 12.6. The molecule has 2 heterocycles. The lowest BCUT2D eigenvalue weighted by molar-refractivity contribution is -0.107. The Morgan fingerprint density at radius 1 is 1.63 bits per heavy atom. The maximum Gasteiger partial charge on any atom is 0.253 e. The number of halogens is 2. The van der Waals surface area contributed by atoms with Gasteiger partial charge in [-0.3, -0.25) is 0 Å². The van der Waals surface area contributed by atoms with E-state index in [4.69, 9.17) is 16.3 Å². The minimum atomic E-state index is -3.50. The summed E-state index contributed by atoms with van der Waals surface area (Å²) in [6.45, 7) is 4.36. The molecule has 1 aromatic rings. The van der Waals surface area contributed by atoms with Gasteiger partial charge in [0.05, 0.1) is 11.7 Å². The summed E-state index contributed by atoms with van der Waals surface area (Å²) in [5.74, 6) is 0.279. The van der Waals surface area contributed by atoms with Gasteiger partial charge in [0.25, 0.3) is 10.0 Å². The number of hydrogen-bond acceptors (Lipinski definition) is 4. The van der Waals surface area contributed by atoms with Crippen molar-refractivity contribution in [2.45, 2.75) is 29.8 Å². The van der Waals surface area contributed by atoms with Gasteiger partial charge in [0, 0.05) is 23.4 Å². The first kappa shape index (κ1) is 15.7. The van der Waals surface area contributed by atoms with E-state index in [1.165, 1.54) is 15.6 Å². The van der Waals surface area contributed by atoms with Gasteiger partial charge in [0.1, 0.15) is 4.21 Å². The van der Waals surface area contributed by atoms with E-state index < -0.39 is 15.6 Å². The highest BCUT2D eigenvalue weighted by atomic mass is 79.9. The maximum atomic E-state index is 12.6. The van der Waals surface area contributed by atoms with Crippen LogP contribution in [0.15, 0.2) is 20.1 Å². The monoisotopic (exact) mass is 387 g/mol. The second-order valence-corrected chi connectivity index (χ2v) is 9.22. The molecule has 0 aliphatic carbocycles. The number of alkyl halides is 1. The summed E-state index contributed by atoms with van der Waals surface area (Å²) in [4.78, 5) is 0. The molecule has 2 rings (SSSR count). The molecule has 1 aliphatic rings. The zero-order chi connectivity index (χ0) is 14.3. The van der Waals surface area contributed by atoms with E-state index in [0.29, 0.717) is 21.8 Å². The average molecular weight is 389 g/mol. The van der Waals surface area contributed by atoms with Crippen molar-refractivity contribution in [3.63, 3.8) is 0 Å². The predicted molar refractivity (Wildman–Crippen MR) is 80.4 cm³/mol. The van der Waals surface area contributed by atoms with Crippen LogP contribution in [-0.4, -0.2) is 43.4 Å². The lowest BCUT2D eigenvalue weighted by atomic mass is 10.1.